The van der Waals surface area contributed by atoms with Crippen LogP contribution in [0.1, 0.15) is 27.0 Å². The van der Waals surface area contributed by atoms with Gasteiger partial charge < -0.3 is 35.4 Å². The number of aliphatic hydroxyl groups excluding tert-OH is 3. The number of nitrogens with one attached hydrogen (secondary N) is 1. The first kappa shape index (κ1) is 29.1. The average molecular weight is 442 g/mol. The number of carboxylic acid groups (broad SMARTS) is 3. The van der Waals surface area contributed by atoms with Gasteiger partial charge in [0.15, 0.2) is 6.23 Å². The SMILES string of the molecule is CC(=O)O.CC(=O)O.CC(=O)O.O=c1[nH]c(=O)n([C@H]2OC[C@H](O)[C@H](O)[C@@H]2O)cc1F. The van der Waals surface area contributed by atoms with Crippen LogP contribution < -0.4 is 11.2 Å². The molecule has 0 radical (unpaired) electrons. The van der Waals surface area contributed by atoms with Crippen molar-refractivity contribution in [3.05, 3.63) is 32.9 Å². The summed E-state index contributed by atoms with van der Waals surface area (Å²) < 4.78 is 18.6. The molecule has 0 aromatic carbocycles. The first-order valence-electron chi connectivity index (χ1n) is 7.87. The van der Waals surface area contributed by atoms with E-state index in [1.165, 1.54) is 0 Å². The van der Waals surface area contributed by atoms with E-state index in [0.29, 0.717) is 10.8 Å². The van der Waals surface area contributed by atoms with Crippen molar-refractivity contribution in [1.29, 1.82) is 0 Å². The molecule has 2 rings (SSSR count). The summed E-state index contributed by atoms with van der Waals surface area (Å²) in [5, 5.41) is 50.5. The molecule has 1 fully saturated rings. The maximum atomic E-state index is 13.1. The van der Waals surface area contributed by atoms with Gasteiger partial charge in [-0.3, -0.25) is 28.7 Å². The second kappa shape index (κ2) is 13.9. The Morgan fingerprint density at radius 2 is 1.40 bits per heavy atom. The molecule has 0 bridgehead atoms. The maximum Gasteiger partial charge on any atom is 0.330 e. The van der Waals surface area contributed by atoms with Gasteiger partial charge >= 0.3 is 5.69 Å². The number of ether oxygens (including phenoxy) is 1. The normalized spacial score (nSPS) is 22.0. The van der Waals surface area contributed by atoms with E-state index in [2.05, 4.69) is 0 Å². The zero-order chi connectivity index (χ0) is 24.2. The number of hydrogen-bond acceptors (Lipinski definition) is 9. The number of aliphatic hydroxyl groups is 3. The summed E-state index contributed by atoms with van der Waals surface area (Å²) in [7, 11) is 0. The van der Waals surface area contributed by atoms with Crippen LogP contribution in [-0.2, 0) is 19.1 Å². The second-order valence-electron chi connectivity index (χ2n) is 5.47. The summed E-state index contributed by atoms with van der Waals surface area (Å²) in [6, 6.07) is 0. The molecule has 1 aromatic heterocycles. The number of aliphatic carboxylic acids is 3. The summed E-state index contributed by atoms with van der Waals surface area (Å²) in [6.07, 6.45) is -5.29. The number of aromatic nitrogens is 2. The van der Waals surface area contributed by atoms with Gasteiger partial charge in [0, 0.05) is 20.8 Å². The molecule has 15 heteroatoms. The van der Waals surface area contributed by atoms with Gasteiger partial charge in [-0.15, -0.1) is 0 Å². The van der Waals surface area contributed by atoms with Crippen LogP contribution >= 0.6 is 0 Å². The number of nitrogens with zero attached hydrogens (tertiary/aromatic N) is 1. The molecule has 14 nitrogen and oxygen atoms in total. The first-order valence-corrected chi connectivity index (χ1v) is 7.87. The van der Waals surface area contributed by atoms with Crippen molar-refractivity contribution < 1.29 is 54.2 Å². The lowest BCUT2D eigenvalue weighted by Crippen LogP contribution is -2.53. The van der Waals surface area contributed by atoms with Crippen molar-refractivity contribution in [3.63, 3.8) is 0 Å². The van der Waals surface area contributed by atoms with E-state index in [-0.39, 0.29) is 6.61 Å². The summed E-state index contributed by atoms with van der Waals surface area (Å²) in [6.45, 7) is 2.91. The molecule has 0 unspecified atom stereocenters. The van der Waals surface area contributed by atoms with Crippen molar-refractivity contribution in [1.82, 2.24) is 9.55 Å². The average Bonchev–Trinajstić information content (AvgIpc) is 2.55. The van der Waals surface area contributed by atoms with Crippen LogP contribution in [0, 0.1) is 5.82 Å². The molecule has 0 amide bonds. The highest BCUT2D eigenvalue weighted by Gasteiger charge is 2.39. The number of hydrogen-bond donors (Lipinski definition) is 7. The summed E-state index contributed by atoms with van der Waals surface area (Å²) in [4.78, 5) is 51.0. The third-order valence-corrected chi connectivity index (χ3v) is 2.67. The van der Waals surface area contributed by atoms with E-state index in [9.17, 15) is 29.3 Å². The van der Waals surface area contributed by atoms with Gasteiger partial charge in [-0.1, -0.05) is 0 Å². The van der Waals surface area contributed by atoms with Gasteiger partial charge in [0.05, 0.1) is 12.8 Å². The van der Waals surface area contributed by atoms with Crippen molar-refractivity contribution in [3.8, 4) is 0 Å². The zero-order valence-corrected chi connectivity index (χ0v) is 16.1. The summed E-state index contributed by atoms with van der Waals surface area (Å²) in [5.41, 5.74) is -2.18. The fourth-order valence-corrected chi connectivity index (χ4v) is 1.69. The van der Waals surface area contributed by atoms with Gasteiger partial charge in [0.1, 0.15) is 18.3 Å². The van der Waals surface area contributed by atoms with E-state index < -0.39 is 59.5 Å². The van der Waals surface area contributed by atoms with Crippen LogP contribution in [0.5, 0.6) is 0 Å². The molecule has 1 aromatic rings. The lowest BCUT2D eigenvalue weighted by Gasteiger charge is -2.35. The van der Waals surface area contributed by atoms with Crippen molar-refractivity contribution in [2.24, 2.45) is 0 Å². The van der Waals surface area contributed by atoms with Crippen LogP contribution in [0.4, 0.5) is 4.39 Å². The number of aromatic amines is 1. The van der Waals surface area contributed by atoms with Crippen molar-refractivity contribution in [2.45, 2.75) is 45.3 Å². The molecular weight excluding hydrogens is 419 g/mol. The monoisotopic (exact) mass is 442 g/mol. The van der Waals surface area contributed by atoms with Gasteiger partial charge in [-0.05, 0) is 0 Å². The van der Waals surface area contributed by atoms with Gasteiger partial charge in [0.25, 0.3) is 23.5 Å². The number of H-pyrrole nitrogens is 1. The Morgan fingerprint density at radius 1 is 1.00 bits per heavy atom. The van der Waals surface area contributed by atoms with Crippen LogP contribution in [0.15, 0.2) is 15.8 Å². The van der Waals surface area contributed by atoms with Crippen LogP contribution in [0.3, 0.4) is 0 Å². The third-order valence-electron chi connectivity index (χ3n) is 2.67. The predicted octanol–water partition coefficient (Wildman–Crippen LogP) is -2.44. The van der Waals surface area contributed by atoms with Crippen LogP contribution in [-0.4, -0.2) is 83.0 Å². The first-order chi connectivity index (χ1) is 13.6. The zero-order valence-electron chi connectivity index (χ0n) is 16.1. The standard InChI is InChI=1S/C9H11FN2O6.3C2H4O2/c10-3-1-12(9(17)11-7(3)16)8-6(15)5(14)4(13)2-18-8;3*1-2(3)4/h1,4-6,8,13-15H,2H2,(H,11,16,17);3*1H3,(H,3,4)/t4-,5-,6-,8-;;;/m0.../s1. The summed E-state index contributed by atoms with van der Waals surface area (Å²) in [5.74, 6) is -3.73. The van der Waals surface area contributed by atoms with E-state index in [1.807, 2.05) is 0 Å². The third kappa shape index (κ3) is 12.3. The van der Waals surface area contributed by atoms with Gasteiger partial charge in [-0.25, -0.2) is 4.79 Å². The Morgan fingerprint density at radius 3 is 1.80 bits per heavy atom. The Bertz CT molecular complexity index is 780. The fourth-order valence-electron chi connectivity index (χ4n) is 1.69. The topological polar surface area (TPSA) is 237 Å². The van der Waals surface area contributed by atoms with Gasteiger partial charge in [-0.2, -0.15) is 4.39 Å². The molecule has 0 aliphatic carbocycles. The number of rotatable bonds is 1. The smallest absolute Gasteiger partial charge is 0.330 e. The Balaban J connectivity index is 0. The van der Waals surface area contributed by atoms with E-state index in [4.69, 9.17) is 34.4 Å². The molecule has 1 saturated heterocycles. The van der Waals surface area contributed by atoms with E-state index >= 15 is 0 Å². The lowest BCUT2D eigenvalue weighted by atomic mass is 10.0. The quantitative estimate of drug-likeness (QED) is 0.240. The maximum absolute atomic E-state index is 13.1. The Kier molecular flexibility index (Phi) is 13.5. The molecule has 30 heavy (non-hydrogen) atoms. The molecule has 1 aliphatic heterocycles. The molecule has 172 valence electrons. The largest absolute Gasteiger partial charge is 0.481 e. The van der Waals surface area contributed by atoms with Crippen LogP contribution in [0.25, 0.3) is 0 Å². The van der Waals surface area contributed by atoms with Crippen molar-refractivity contribution in [2.75, 3.05) is 6.61 Å². The van der Waals surface area contributed by atoms with Gasteiger partial charge in [0.2, 0.25) is 5.82 Å². The number of halogens is 1. The molecule has 4 atom stereocenters. The fraction of sp³-hybridized carbons (Fsp3) is 0.533. The highest BCUT2D eigenvalue weighted by Crippen LogP contribution is 2.22. The van der Waals surface area contributed by atoms with Crippen molar-refractivity contribution >= 4 is 17.9 Å². The van der Waals surface area contributed by atoms with Crippen LogP contribution in [0.2, 0.25) is 0 Å². The predicted molar refractivity (Wildman–Crippen MR) is 94.2 cm³/mol. The summed E-state index contributed by atoms with van der Waals surface area (Å²) >= 11 is 0. The molecule has 1 aliphatic rings. The molecule has 7 N–H and O–H groups in total. The Hall–Kier alpha value is -3.14. The molecule has 0 saturated carbocycles. The molecular formula is C15H23FN2O12. The highest BCUT2D eigenvalue weighted by molar-refractivity contribution is 5.63. The van der Waals surface area contributed by atoms with E-state index in [1.54, 1.807) is 4.98 Å². The number of carbonyl (C=O) groups is 3. The number of carboxylic acids is 3. The highest BCUT2D eigenvalue weighted by atomic mass is 19.1. The minimum atomic E-state index is -1.63. The minimum Gasteiger partial charge on any atom is -0.481 e. The second-order valence-corrected chi connectivity index (χ2v) is 5.47. The minimum absolute atomic E-state index is 0.337. The molecule has 0 spiro atoms. The Labute approximate surface area is 167 Å². The lowest BCUT2D eigenvalue weighted by molar-refractivity contribution is -0.212. The molecule has 2 heterocycles. The van der Waals surface area contributed by atoms with E-state index in [0.717, 1.165) is 20.8 Å².